The van der Waals surface area contributed by atoms with E-state index in [9.17, 15) is 4.79 Å². The summed E-state index contributed by atoms with van der Waals surface area (Å²) in [5.41, 5.74) is 4.43. The lowest BCUT2D eigenvalue weighted by Gasteiger charge is -2.10. The molecular formula is C23H26N4OS. The van der Waals surface area contributed by atoms with Gasteiger partial charge in [0.1, 0.15) is 5.82 Å². The van der Waals surface area contributed by atoms with Crippen LogP contribution in [0.1, 0.15) is 47.7 Å². The molecule has 1 fully saturated rings. The summed E-state index contributed by atoms with van der Waals surface area (Å²) in [7, 11) is 0. The van der Waals surface area contributed by atoms with Crippen LogP contribution >= 0.6 is 11.8 Å². The van der Waals surface area contributed by atoms with Crippen LogP contribution in [0, 0.1) is 13.8 Å². The normalized spacial score (nSPS) is 17.9. The van der Waals surface area contributed by atoms with E-state index in [0.29, 0.717) is 17.6 Å². The van der Waals surface area contributed by atoms with E-state index in [1.54, 1.807) is 0 Å². The first kappa shape index (κ1) is 19.7. The summed E-state index contributed by atoms with van der Waals surface area (Å²) in [6.07, 6.45) is 1.11. The molecule has 3 aromatic rings. The van der Waals surface area contributed by atoms with Gasteiger partial charge in [-0.05, 0) is 55.9 Å². The van der Waals surface area contributed by atoms with E-state index < -0.39 is 0 Å². The van der Waals surface area contributed by atoms with Crippen molar-refractivity contribution in [1.29, 1.82) is 0 Å². The van der Waals surface area contributed by atoms with Gasteiger partial charge in [0.2, 0.25) is 5.91 Å². The third-order valence-electron chi connectivity index (χ3n) is 5.41. The lowest BCUT2D eigenvalue weighted by molar-refractivity contribution is -0.113. The zero-order valence-corrected chi connectivity index (χ0v) is 17.9. The number of carbonyl (C=O) groups excluding carboxylic acids is 1. The van der Waals surface area contributed by atoms with E-state index in [2.05, 4.69) is 51.3 Å². The number of hydrogen-bond donors (Lipinski definition) is 1. The summed E-state index contributed by atoms with van der Waals surface area (Å²) in [4.78, 5) is 12.4. The van der Waals surface area contributed by atoms with Gasteiger partial charge in [0.25, 0.3) is 0 Å². The van der Waals surface area contributed by atoms with Crippen molar-refractivity contribution < 1.29 is 4.79 Å². The molecule has 1 aliphatic rings. The van der Waals surface area contributed by atoms with E-state index in [1.807, 2.05) is 38.1 Å². The molecule has 1 aromatic heterocycles. The van der Waals surface area contributed by atoms with Gasteiger partial charge < -0.3 is 9.88 Å². The van der Waals surface area contributed by atoms with Crippen LogP contribution in [-0.4, -0.2) is 26.4 Å². The quantitative estimate of drug-likeness (QED) is 0.566. The van der Waals surface area contributed by atoms with Crippen molar-refractivity contribution in [3.8, 4) is 0 Å². The molecule has 2 unspecified atom stereocenters. The Balaban J connectivity index is 1.40. The molecule has 1 amide bonds. The Bertz CT molecular complexity index is 1010. The van der Waals surface area contributed by atoms with Gasteiger partial charge in [0, 0.05) is 18.2 Å². The predicted octanol–water partition coefficient (Wildman–Crippen LogP) is 4.92. The first-order chi connectivity index (χ1) is 14.1. The smallest absolute Gasteiger partial charge is 0.234 e. The summed E-state index contributed by atoms with van der Waals surface area (Å²) < 4.78 is 2.16. The molecule has 2 aromatic carbocycles. The SMILES string of the molecule is CCn1c(SCC(=O)Nc2cc(C)ccc2C)nnc1C1CC1c1ccccc1. The Morgan fingerprint density at radius 3 is 2.69 bits per heavy atom. The van der Waals surface area contributed by atoms with Crippen LogP contribution in [0.5, 0.6) is 0 Å². The molecule has 1 heterocycles. The number of benzene rings is 2. The minimum atomic E-state index is -0.0236. The van der Waals surface area contributed by atoms with Crippen molar-refractivity contribution in [2.45, 2.75) is 50.7 Å². The van der Waals surface area contributed by atoms with Gasteiger partial charge >= 0.3 is 0 Å². The number of nitrogens with zero attached hydrogens (tertiary/aromatic N) is 3. The Labute approximate surface area is 175 Å². The highest BCUT2D eigenvalue weighted by molar-refractivity contribution is 7.99. The van der Waals surface area contributed by atoms with Gasteiger partial charge in [-0.25, -0.2) is 0 Å². The number of aromatic nitrogens is 3. The van der Waals surface area contributed by atoms with Crippen LogP contribution in [0.4, 0.5) is 5.69 Å². The van der Waals surface area contributed by atoms with Gasteiger partial charge in [-0.2, -0.15) is 0 Å². The zero-order valence-electron chi connectivity index (χ0n) is 17.1. The number of aryl methyl sites for hydroxylation is 2. The molecular weight excluding hydrogens is 380 g/mol. The van der Waals surface area contributed by atoms with Crippen LogP contribution in [0.3, 0.4) is 0 Å². The fraction of sp³-hybridized carbons (Fsp3) is 0.348. The average Bonchev–Trinajstić information content (AvgIpc) is 3.42. The Morgan fingerprint density at radius 1 is 1.14 bits per heavy atom. The van der Waals surface area contributed by atoms with Crippen LogP contribution in [0.25, 0.3) is 0 Å². The molecule has 6 heteroatoms. The van der Waals surface area contributed by atoms with Crippen LogP contribution in [0.15, 0.2) is 53.7 Å². The van der Waals surface area contributed by atoms with Gasteiger partial charge in [-0.3, -0.25) is 4.79 Å². The molecule has 0 radical (unpaired) electrons. The molecule has 150 valence electrons. The Kier molecular flexibility index (Phi) is 5.72. The van der Waals surface area contributed by atoms with Crippen LogP contribution in [-0.2, 0) is 11.3 Å². The molecule has 2 atom stereocenters. The fourth-order valence-corrected chi connectivity index (χ4v) is 4.52. The average molecular weight is 407 g/mol. The molecule has 0 spiro atoms. The lowest BCUT2D eigenvalue weighted by Crippen LogP contribution is -2.15. The molecule has 0 aliphatic heterocycles. The molecule has 1 N–H and O–H groups in total. The molecule has 4 rings (SSSR count). The largest absolute Gasteiger partial charge is 0.325 e. The predicted molar refractivity (Wildman–Crippen MR) is 118 cm³/mol. The maximum Gasteiger partial charge on any atom is 0.234 e. The van der Waals surface area contributed by atoms with Crippen molar-refractivity contribution >= 4 is 23.4 Å². The first-order valence-corrected chi connectivity index (χ1v) is 11.0. The molecule has 1 aliphatic carbocycles. The maximum atomic E-state index is 12.4. The van der Waals surface area contributed by atoms with Crippen LogP contribution < -0.4 is 5.32 Å². The standard InChI is InChI=1S/C23H26N4OS/c1-4-27-22(19-13-18(19)17-8-6-5-7-9-17)25-26-23(27)29-14-21(28)24-20-12-15(2)10-11-16(20)3/h5-12,18-19H,4,13-14H2,1-3H3,(H,24,28). The number of hydrogen-bond acceptors (Lipinski definition) is 4. The summed E-state index contributed by atoms with van der Waals surface area (Å²) in [5.74, 6) is 2.28. The third kappa shape index (κ3) is 4.37. The fourth-order valence-electron chi connectivity index (χ4n) is 3.71. The molecule has 0 saturated heterocycles. The van der Waals surface area contributed by atoms with E-state index in [1.165, 1.54) is 17.3 Å². The van der Waals surface area contributed by atoms with E-state index in [4.69, 9.17) is 0 Å². The summed E-state index contributed by atoms with van der Waals surface area (Å²) >= 11 is 1.45. The topological polar surface area (TPSA) is 59.8 Å². The maximum absolute atomic E-state index is 12.4. The summed E-state index contributed by atoms with van der Waals surface area (Å²) in [6.45, 7) is 6.94. The third-order valence-corrected chi connectivity index (χ3v) is 6.38. The number of amides is 1. The Morgan fingerprint density at radius 2 is 1.93 bits per heavy atom. The molecule has 0 bridgehead atoms. The molecule has 29 heavy (non-hydrogen) atoms. The second-order valence-electron chi connectivity index (χ2n) is 7.60. The van der Waals surface area contributed by atoms with E-state index >= 15 is 0 Å². The highest BCUT2D eigenvalue weighted by atomic mass is 32.2. The number of thioether (sulfide) groups is 1. The van der Waals surface area contributed by atoms with Crippen LogP contribution in [0.2, 0.25) is 0 Å². The van der Waals surface area contributed by atoms with Gasteiger partial charge in [-0.15, -0.1) is 10.2 Å². The van der Waals surface area contributed by atoms with E-state index in [0.717, 1.165) is 40.8 Å². The minimum Gasteiger partial charge on any atom is -0.325 e. The van der Waals surface area contributed by atoms with Gasteiger partial charge in [-0.1, -0.05) is 54.2 Å². The Hall–Kier alpha value is -2.60. The molecule has 1 saturated carbocycles. The lowest BCUT2D eigenvalue weighted by atomic mass is 10.1. The summed E-state index contributed by atoms with van der Waals surface area (Å²) in [6, 6.07) is 16.7. The summed E-state index contributed by atoms with van der Waals surface area (Å²) in [5, 5.41) is 12.7. The van der Waals surface area contributed by atoms with Crippen molar-refractivity contribution in [2.24, 2.45) is 0 Å². The monoisotopic (exact) mass is 406 g/mol. The van der Waals surface area contributed by atoms with Gasteiger partial charge in [0.05, 0.1) is 5.75 Å². The number of rotatable bonds is 7. The number of nitrogens with one attached hydrogen (secondary N) is 1. The first-order valence-electron chi connectivity index (χ1n) is 10.0. The second kappa shape index (κ2) is 8.41. The number of anilines is 1. The minimum absolute atomic E-state index is 0.0236. The highest BCUT2D eigenvalue weighted by Crippen LogP contribution is 2.54. The molecule has 5 nitrogen and oxygen atoms in total. The zero-order chi connectivity index (χ0) is 20.4. The van der Waals surface area contributed by atoms with Crippen molar-refractivity contribution in [1.82, 2.24) is 14.8 Å². The second-order valence-corrected chi connectivity index (χ2v) is 8.54. The number of carbonyl (C=O) groups is 1. The van der Waals surface area contributed by atoms with Crippen molar-refractivity contribution in [2.75, 3.05) is 11.1 Å². The highest BCUT2D eigenvalue weighted by Gasteiger charge is 2.43. The van der Waals surface area contributed by atoms with E-state index in [-0.39, 0.29) is 5.91 Å². The van der Waals surface area contributed by atoms with Crippen molar-refractivity contribution in [3.63, 3.8) is 0 Å². The van der Waals surface area contributed by atoms with Crippen molar-refractivity contribution in [3.05, 3.63) is 71.0 Å². The van der Waals surface area contributed by atoms with Gasteiger partial charge in [0.15, 0.2) is 5.16 Å².